The Bertz CT molecular complexity index is 250. The summed E-state index contributed by atoms with van der Waals surface area (Å²) >= 11 is 0. The van der Waals surface area contributed by atoms with Crippen molar-refractivity contribution < 1.29 is 0 Å². The molecule has 1 heterocycles. The number of fused-ring (bicyclic) bond motifs is 2. The van der Waals surface area contributed by atoms with E-state index < -0.39 is 0 Å². The minimum Gasteiger partial charge on any atom is -0.303 e. The third kappa shape index (κ3) is 0.997. The third-order valence-corrected chi connectivity index (χ3v) is 5.55. The summed E-state index contributed by atoms with van der Waals surface area (Å²) in [6.07, 6.45) is 6.05. The van der Waals surface area contributed by atoms with Gasteiger partial charge in [0.25, 0.3) is 0 Å². The fraction of sp³-hybridized carbons (Fsp3) is 1.00. The van der Waals surface area contributed by atoms with E-state index in [9.17, 15) is 0 Å². The molecule has 80 valence electrons. The molecule has 0 bridgehead atoms. The van der Waals surface area contributed by atoms with E-state index in [1.807, 2.05) is 0 Å². The van der Waals surface area contributed by atoms with E-state index in [1.165, 1.54) is 25.3 Å². The van der Waals surface area contributed by atoms with Gasteiger partial charge in [-0.15, -0.1) is 0 Å². The van der Waals surface area contributed by atoms with Gasteiger partial charge in [0.15, 0.2) is 0 Å². The molecule has 0 N–H and O–H groups in total. The van der Waals surface area contributed by atoms with Crippen LogP contribution in [-0.4, -0.2) is 24.5 Å². The summed E-state index contributed by atoms with van der Waals surface area (Å²) in [7, 11) is 2.31. The van der Waals surface area contributed by atoms with Crippen molar-refractivity contribution in [1.29, 1.82) is 0 Å². The Balaban J connectivity index is 1.81. The maximum Gasteiger partial charge on any atom is 0.00695 e. The van der Waals surface area contributed by atoms with Gasteiger partial charge in [-0.05, 0) is 56.4 Å². The van der Waals surface area contributed by atoms with Crippen molar-refractivity contribution in [3.05, 3.63) is 0 Å². The van der Waals surface area contributed by atoms with Crippen LogP contribution < -0.4 is 0 Å². The molecule has 0 aromatic heterocycles. The van der Waals surface area contributed by atoms with Gasteiger partial charge in [0.2, 0.25) is 0 Å². The molecule has 1 heteroatoms. The zero-order valence-corrected chi connectivity index (χ0v) is 9.79. The van der Waals surface area contributed by atoms with Crippen molar-refractivity contribution in [3.8, 4) is 0 Å². The van der Waals surface area contributed by atoms with Crippen LogP contribution >= 0.6 is 0 Å². The quantitative estimate of drug-likeness (QED) is 0.619. The van der Waals surface area contributed by atoms with Gasteiger partial charge in [-0.1, -0.05) is 13.3 Å². The Labute approximate surface area is 87.9 Å². The minimum atomic E-state index is 0.811. The lowest BCUT2D eigenvalue weighted by Gasteiger charge is -2.55. The molecule has 3 rings (SSSR count). The Hall–Kier alpha value is -0.0400. The standard InChI is InChI=1S/C13H23N/c1-4-11-8-14(3)9(2)6-13(11)7-10-5-12(10)13/h9-12H,4-8H2,1-3H3. The van der Waals surface area contributed by atoms with E-state index in [0.29, 0.717) is 0 Å². The highest BCUT2D eigenvalue weighted by Crippen LogP contribution is 2.73. The summed E-state index contributed by atoms with van der Waals surface area (Å²) < 4.78 is 0. The first-order valence-electron chi connectivity index (χ1n) is 6.37. The molecule has 1 nitrogen and oxygen atoms in total. The Kier molecular flexibility index (Phi) is 1.81. The molecule has 3 aliphatic rings. The van der Waals surface area contributed by atoms with Gasteiger partial charge in [0, 0.05) is 12.6 Å². The summed E-state index contributed by atoms with van der Waals surface area (Å²) in [5, 5.41) is 0. The topological polar surface area (TPSA) is 3.24 Å². The highest BCUT2D eigenvalue weighted by Gasteiger charge is 2.66. The van der Waals surface area contributed by atoms with E-state index in [4.69, 9.17) is 0 Å². The molecule has 0 radical (unpaired) electrons. The van der Waals surface area contributed by atoms with Crippen molar-refractivity contribution in [2.75, 3.05) is 13.6 Å². The van der Waals surface area contributed by atoms with E-state index in [0.717, 1.165) is 23.3 Å². The Morgan fingerprint density at radius 3 is 2.64 bits per heavy atom. The van der Waals surface area contributed by atoms with E-state index in [2.05, 4.69) is 25.8 Å². The number of hydrogen-bond donors (Lipinski definition) is 0. The molecule has 5 unspecified atom stereocenters. The predicted octanol–water partition coefficient (Wildman–Crippen LogP) is 2.76. The average molecular weight is 193 g/mol. The van der Waals surface area contributed by atoms with Gasteiger partial charge in [-0.3, -0.25) is 0 Å². The van der Waals surface area contributed by atoms with Crippen LogP contribution in [0.25, 0.3) is 0 Å². The van der Waals surface area contributed by atoms with Gasteiger partial charge in [-0.25, -0.2) is 0 Å². The molecule has 14 heavy (non-hydrogen) atoms. The minimum absolute atomic E-state index is 0.811. The molecular formula is C13H23N. The van der Waals surface area contributed by atoms with Crippen LogP contribution in [-0.2, 0) is 0 Å². The summed E-state index contributed by atoms with van der Waals surface area (Å²) in [6, 6.07) is 0.833. The highest BCUT2D eigenvalue weighted by molar-refractivity contribution is 5.16. The molecule has 1 aliphatic heterocycles. The van der Waals surface area contributed by atoms with Gasteiger partial charge < -0.3 is 4.90 Å². The normalized spacial score (nSPS) is 56.8. The van der Waals surface area contributed by atoms with Crippen molar-refractivity contribution in [1.82, 2.24) is 4.90 Å². The molecule has 0 aromatic carbocycles. The van der Waals surface area contributed by atoms with Crippen LogP contribution in [0.3, 0.4) is 0 Å². The summed E-state index contributed by atoms with van der Waals surface area (Å²) in [4.78, 5) is 2.58. The van der Waals surface area contributed by atoms with Gasteiger partial charge in [-0.2, -0.15) is 0 Å². The van der Waals surface area contributed by atoms with Crippen molar-refractivity contribution in [3.63, 3.8) is 0 Å². The molecular weight excluding hydrogens is 170 g/mol. The first-order valence-corrected chi connectivity index (χ1v) is 6.37. The second-order valence-electron chi connectivity index (χ2n) is 6.14. The lowest BCUT2D eigenvalue weighted by Crippen LogP contribution is -2.54. The molecule has 5 atom stereocenters. The van der Waals surface area contributed by atoms with Crippen LogP contribution in [0, 0.1) is 23.2 Å². The highest BCUT2D eigenvalue weighted by atomic mass is 15.1. The number of nitrogens with zero attached hydrogens (tertiary/aromatic N) is 1. The Morgan fingerprint density at radius 1 is 1.36 bits per heavy atom. The third-order valence-electron chi connectivity index (χ3n) is 5.55. The smallest absolute Gasteiger partial charge is 0.00695 e. The van der Waals surface area contributed by atoms with Gasteiger partial charge in [0.05, 0.1) is 0 Å². The second kappa shape index (κ2) is 2.75. The number of hydrogen-bond acceptors (Lipinski definition) is 1. The lowest BCUT2D eigenvalue weighted by atomic mass is 9.55. The van der Waals surface area contributed by atoms with Crippen molar-refractivity contribution in [2.45, 2.75) is 45.6 Å². The predicted molar refractivity (Wildman–Crippen MR) is 59.1 cm³/mol. The molecule has 1 saturated heterocycles. The first-order chi connectivity index (χ1) is 6.67. The number of likely N-dealkylation sites (tertiary alicyclic amines) is 1. The van der Waals surface area contributed by atoms with Crippen molar-refractivity contribution >= 4 is 0 Å². The summed E-state index contributed by atoms with van der Waals surface area (Å²) in [5.41, 5.74) is 0.811. The van der Waals surface area contributed by atoms with Crippen LogP contribution in [0.2, 0.25) is 0 Å². The maximum atomic E-state index is 2.58. The maximum absolute atomic E-state index is 2.58. The molecule has 2 aliphatic carbocycles. The number of rotatable bonds is 1. The van der Waals surface area contributed by atoms with E-state index >= 15 is 0 Å². The fourth-order valence-electron chi connectivity index (χ4n) is 4.48. The van der Waals surface area contributed by atoms with Crippen molar-refractivity contribution in [2.24, 2.45) is 23.2 Å². The zero-order valence-electron chi connectivity index (χ0n) is 9.79. The van der Waals surface area contributed by atoms with Crippen LogP contribution in [0.1, 0.15) is 39.5 Å². The van der Waals surface area contributed by atoms with Crippen LogP contribution in [0.5, 0.6) is 0 Å². The SMILES string of the molecule is CCC1CN(C)C(C)CC12CC1CC12. The molecule has 0 aromatic rings. The lowest BCUT2D eigenvalue weighted by molar-refractivity contribution is -0.0595. The first kappa shape index (κ1) is 9.21. The molecule has 2 saturated carbocycles. The van der Waals surface area contributed by atoms with Gasteiger partial charge in [0.1, 0.15) is 0 Å². The van der Waals surface area contributed by atoms with Crippen LogP contribution in [0.15, 0.2) is 0 Å². The van der Waals surface area contributed by atoms with Gasteiger partial charge >= 0.3 is 0 Å². The molecule has 1 spiro atoms. The summed E-state index contributed by atoms with van der Waals surface area (Å²) in [6.45, 7) is 6.18. The zero-order chi connectivity index (χ0) is 9.92. The molecule has 3 fully saturated rings. The number of piperidine rings is 1. The van der Waals surface area contributed by atoms with E-state index in [1.54, 1.807) is 12.8 Å². The van der Waals surface area contributed by atoms with E-state index in [-0.39, 0.29) is 0 Å². The summed E-state index contributed by atoms with van der Waals surface area (Å²) in [5.74, 6) is 3.33. The monoisotopic (exact) mass is 193 g/mol. The second-order valence-corrected chi connectivity index (χ2v) is 6.14. The largest absolute Gasteiger partial charge is 0.303 e. The average Bonchev–Trinajstić information content (AvgIpc) is 2.82. The van der Waals surface area contributed by atoms with Crippen LogP contribution in [0.4, 0.5) is 0 Å². The fourth-order valence-corrected chi connectivity index (χ4v) is 4.48. The molecule has 0 amide bonds. The Morgan fingerprint density at radius 2 is 2.14 bits per heavy atom.